The topological polar surface area (TPSA) is 7.12 Å². The molecule has 0 N–H and O–H groups in total. The Morgan fingerprint density at radius 2 is 1.61 bits per heavy atom. The van der Waals surface area contributed by atoms with Crippen molar-refractivity contribution >= 4 is 28.6 Å². The highest BCUT2D eigenvalue weighted by Gasteiger charge is 2.01. The number of aromatic nitrogens is 1. The molecule has 0 saturated carbocycles. The maximum Gasteiger partial charge on any atom is 0.204 e. The van der Waals surface area contributed by atoms with E-state index in [1.54, 1.807) is 0 Å². The summed E-state index contributed by atoms with van der Waals surface area (Å²) in [4.78, 5) is 2.13. The van der Waals surface area contributed by atoms with Gasteiger partial charge in [0.1, 0.15) is 7.05 Å². The van der Waals surface area contributed by atoms with Crippen molar-refractivity contribution in [2.75, 3.05) is 19.0 Å². The monoisotopic (exact) mass is 416 g/mol. The second-order valence-corrected chi connectivity index (χ2v) is 5.76. The van der Waals surface area contributed by atoms with E-state index in [1.807, 2.05) is 6.07 Å². The summed E-state index contributed by atoms with van der Waals surface area (Å²) in [7, 11) is 6.19. The van der Waals surface area contributed by atoms with Crippen LogP contribution in [0.25, 0.3) is 22.9 Å². The number of halogens is 1. The first-order chi connectivity index (χ1) is 10.6. The zero-order valence-electron chi connectivity index (χ0n) is 13.7. The molecule has 0 saturated heterocycles. The largest absolute Gasteiger partial charge is 1.00 e. The van der Waals surface area contributed by atoms with Crippen LogP contribution in [0.15, 0.2) is 60.8 Å². The Balaban J connectivity index is 0.00000192. The Labute approximate surface area is 155 Å². The van der Waals surface area contributed by atoms with Crippen molar-refractivity contribution in [1.82, 2.24) is 0 Å². The molecule has 3 aromatic rings. The molecule has 0 amide bonds. The van der Waals surface area contributed by atoms with E-state index in [0.29, 0.717) is 0 Å². The molecule has 2 nitrogen and oxygen atoms in total. The van der Waals surface area contributed by atoms with Crippen molar-refractivity contribution in [3.63, 3.8) is 0 Å². The highest BCUT2D eigenvalue weighted by atomic mass is 127. The summed E-state index contributed by atoms with van der Waals surface area (Å²) in [5, 5.41) is 2.54. The molecule has 0 radical (unpaired) electrons. The molecule has 3 rings (SSSR count). The molecule has 2 aromatic carbocycles. The predicted molar refractivity (Wildman–Crippen MR) is 94.8 cm³/mol. The summed E-state index contributed by atoms with van der Waals surface area (Å²) in [6, 6.07) is 19.4. The minimum atomic E-state index is 0. The number of fused-ring (bicyclic) bond motifs is 1. The zero-order chi connectivity index (χ0) is 15.5. The molecule has 0 unspecified atom stereocenters. The summed E-state index contributed by atoms with van der Waals surface area (Å²) >= 11 is 0. The number of rotatable bonds is 3. The van der Waals surface area contributed by atoms with Crippen LogP contribution in [0.4, 0.5) is 5.69 Å². The van der Waals surface area contributed by atoms with Gasteiger partial charge in [-0.15, -0.1) is 0 Å². The predicted octanol–water partition coefficient (Wildman–Crippen LogP) is 0.905. The normalized spacial score (nSPS) is 10.7. The second kappa shape index (κ2) is 7.59. The van der Waals surface area contributed by atoms with E-state index < -0.39 is 0 Å². The molecule has 0 aliphatic carbocycles. The van der Waals surface area contributed by atoms with Gasteiger partial charge in [-0.05, 0) is 46.7 Å². The van der Waals surface area contributed by atoms with Gasteiger partial charge >= 0.3 is 0 Å². The van der Waals surface area contributed by atoms with Crippen LogP contribution in [0, 0.1) is 0 Å². The lowest BCUT2D eigenvalue weighted by Gasteiger charge is -2.13. The molecule has 23 heavy (non-hydrogen) atoms. The van der Waals surface area contributed by atoms with Gasteiger partial charge in [-0.1, -0.05) is 18.2 Å². The molecule has 1 heterocycles. The summed E-state index contributed by atoms with van der Waals surface area (Å²) in [6.45, 7) is 0. The molecule has 118 valence electrons. The third-order valence-corrected chi connectivity index (χ3v) is 3.91. The first-order valence-corrected chi connectivity index (χ1v) is 7.47. The van der Waals surface area contributed by atoms with Crippen molar-refractivity contribution in [2.45, 2.75) is 0 Å². The molecule has 0 fully saturated rings. The molecule has 0 aliphatic rings. The number of anilines is 1. The van der Waals surface area contributed by atoms with Gasteiger partial charge in [0.2, 0.25) is 5.69 Å². The van der Waals surface area contributed by atoms with Crippen molar-refractivity contribution in [3.8, 4) is 0 Å². The average molecular weight is 416 g/mol. The number of pyridine rings is 1. The van der Waals surface area contributed by atoms with Crippen LogP contribution in [0.3, 0.4) is 0 Å². The molecule has 3 heteroatoms. The van der Waals surface area contributed by atoms with Crippen LogP contribution < -0.4 is 33.4 Å². The number of aryl methyl sites for hydroxylation is 1. The molecule has 0 bridgehead atoms. The van der Waals surface area contributed by atoms with Gasteiger partial charge < -0.3 is 28.9 Å². The van der Waals surface area contributed by atoms with Gasteiger partial charge in [0.25, 0.3) is 0 Å². The van der Waals surface area contributed by atoms with Gasteiger partial charge in [0.15, 0.2) is 6.20 Å². The molecular formula is C20H21IN2. The Bertz CT molecular complexity index is 838. The number of hydrogen-bond acceptors (Lipinski definition) is 1. The third-order valence-electron chi connectivity index (χ3n) is 3.91. The smallest absolute Gasteiger partial charge is 0.204 e. The lowest BCUT2D eigenvalue weighted by Crippen LogP contribution is -3.00. The quantitative estimate of drug-likeness (QED) is 0.455. The van der Waals surface area contributed by atoms with Crippen molar-refractivity contribution in [3.05, 3.63) is 72.1 Å². The van der Waals surface area contributed by atoms with E-state index >= 15 is 0 Å². The molecule has 0 atom stereocenters. The number of nitrogens with zero attached hydrogens (tertiary/aromatic N) is 2. The first kappa shape index (κ1) is 17.5. The minimum absolute atomic E-state index is 0. The molecule has 0 aliphatic heterocycles. The van der Waals surface area contributed by atoms with Crippen molar-refractivity contribution in [1.29, 1.82) is 0 Å². The van der Waals surface area contributed by atoms with Gasteiger partial charge in [-0.3, -0.25) is 0 Å². The fourth-order valence-corrected chi connectivity index (χ4v) is 2.52. The highest BCUT2D eigenvalue weighted by molar-refractivity contribution is 5.88. The van der Waals surface area contributed by atoms with Crippen LogP contribution in [-0.4, -0.2) is 14.1 Å². The summed E-state index contributed by atoms with van der Waals surface area (Å²) < 4.78 is 2.11. The van der Waals surface area contributed by atoms with Gasteiger partial charge in [-0.25, -0.2) is 4.57 Å². The lowest BCUT2D eigenvalue weighted by atomic mass is 10.1. The lowest BCUT2D eigenvalue weighted by molar-refractivity contribution is -0.673. The summed E-state index contributed by atoms with van der Waals surface area (Å²) in [6.07, 6.45) is 6.37. The number of hydrogen-bond donors (Lipinski definition) is 0. The van der Waals surface area contributed by atoms with E-state index in [9.17, 15) is 0 Å². The third kappa shape index (κ3) is 4.10. The Kier molecular flexibility index (Phi) is 5.77. The summed E-state index contributed by atoms with van der Waals surface area (Å²) in [5.74, 6) is 0. The van der Waals surface area contributed by atoms with Gasteiger partial charge in [-0.2, -0.15) is 0 Å². The van der Waals surface area contributed by atoms with Crippen LogP contribution >= 0.6 is 0 Å². The standard InChI is InChI=1S/C20H21N2.HI/c1-21(2)20-12-10-17-14-16(7-9-18(17)15-20)8-11-19-6-4-5-13-22(19)3;/h4-15H,1-3H3;1H/q+1;/p-1. The van der Waals surface area contributed by atoms with Gasteiger partial charge in [0, 0.05) is 38.0 Å². The van der Waals surface area contributed by atoms with Crippen molar-refractivity contribution in [2.24, 2.45) is 7.05 Å². The first-order valence-electron chi connectivity index (χ1n) is 7.47. The number of benzene rings is 2. The average Bonchev–Trinajstić information content (AvgIpc) is 2.53. The zero-order valence-corrected chi connectivity index (χ0v) is 15.9. The molecule has 0 spiro atoms. The van der Waals surface area contributed by atoms with Gasteiger partial charge in [0.05, 0.1) is 0 Å². The van der Waals surface area contributed by atoms with E-state index in [1.165, 1.54) is 27.7 Å². The van der Waals surface area contributed by atoms with E-state index in [-0.39, 0.29) is 24.0 Å². The summed E-state index contributed by atoms with van der Waals surface area (Å²) in [5.41, 5.74) is 3.63. The van der Waals surface area contributed by atoms with E-state index in [2.05, 4.69) is 97.5 Å². The Morgan fingerprint density at radius 3 is 2.35 bits per heavy atom. The second-order valence-electron chi connectivity index (χ2n) is 5.76. The fraction of sp³-hybridized carbons (Fsp3) is 0.150. The fourth-order valence-electron chi connectivity index (χ4n) is 2.52. The molecular weight excluding hydrogens is 395 g/mol. The van der Waals surface area contributed by atoms with Crippen LogP contribution in [0.1, 0.15) is 11.3 Å². The van der Waals surface area contributed by atoms with Crippen LogP contribution in [-0.2, 0) is 7.05 Å². The maximum absolute atomic E-state index is 2.23. The SMILES string of the molecule is CN(C)c1ccc2cc(/C=C/c3cccc[n+]3C)ccc2c1.[I-]. The van der Waals surface area contributed by atoms with Crippen molar-refractivity contribution < 1.29 is 28.5 Å². The van der Waals surface area contributed by atoms with Crippen LogP contribution in [0.5, 0.6) is 0 Å². The Morgan fingerprint density at radius 1 is 0.870 bits per heavy atom. The Hall–Kier alpha value is -1.88. The maximum atomic E-state index is 2.23. The highest BCUT2D eigenvalue weighted by Crippen LogP contribution is 2.22. The molecule has 1 aromatic heterocycles. The van der Waals surface area contributed by atoms with E-state index in [4.69, 9.17) is 0 Å². The van der Waals surface area contributed by atoms with E-state index in [0.717, 1.165) is 0 Å². The minimum Gasteiger partial charge on any atom is -1.00 e. The van der Waals surface area contributed by atoms with Crippen LogP contribution in [0.2, 0.25) is 0 Å².